The summed E-state index contributed by atoms with van der Waals surface area (Å²) in [7, 11) is 0. The van der Waals surface area contributed by atoms with Gasteiger partial charge in [0.05, 0.1) is 17.6 Å². The molecule has 14 heavy (non-hydrogen) atoms. The first kappa shape index (κ1) is 9.02. The second kappa shape index (κ2) is 3.67. The molecule has 0 saturated carbocycles. The molecule has 4 nitrogen and oxygen atoms in total. The standard InChI is InChI=1S/C10H12N2O2/c1-2-14-6-7-4-3-5-8-9(7)12-10(13)11-8/h3-5H,2,6H2,1H3,(H2,11,12,13). The van der Waals surface area contributed by atoms with Gasteiger partial charge in [-0.1, -0.05) is 12.1 Å². The molecular weight excluding hydrogens is 180 g/mol. The maximum absolute atomic E-state index is 11.1. The molecule has 2 N–H and O–H groups in total. The van der Waals surface area contributed by atoms with Crippen LogP contribution >= 0.6 is 0 Å². The highest BCUT2D eigenvalue weighted by atomic mass is 16.5. The zero-order valence-corrected chi connectivity index (χ0v) is 7.96. The highest BCUT2D eigenvalue weighted by Crippen LogP contribution is 2.13. The van der Waals surface area contributed by atoms with Crippen LogP contribution in [0.5, 0.6) is 0 Å². The summed E-state index contributed by atoms with van der Waals surface area (Å²) in [5.41, 5.74) is 2.49. The number of rotatable bonds is 3. The number of ether oxygens (including phenoxy) is 1. The molecular formula is C10H12N2O2. The maximum atomic E-state index is 11.1. The summed E-state index contributed by atoms with van der Waals surface area (Å²) in [5.74, 6) is 0. The molecule has 0 radical (unpaired) electrons. The van der Waals surface area contributed by atoms with Gasteiger partial charge in [0.25, 0.3) is 0 Å². The molecule has 0 unspecified atom stereocenters. The average Bonchev–Trinajstić information content (AvgIpc) is 2.55. The molecule has 0 spiro atoms. The minimum absolute atomic E-state index is 0.177. The molecule has 0 bridgehead atoms. The quantitative estimate of drug-likeness (QED) is 0.772. The van der Waals surface area contributed by atoms with Gasteiger partial charge in [0, 0.05) is 12.2 Å². The highest BCUT2D eigenvalue weighted by molar-refractivity contribution is 5.77. The second-order valence-electron chi connectivity index (χ2n) is 3.06. The Morgan fingerprint density at radius 3 is 3.00 bits per heavy atom. The summed E-state index contributed by atoms with van der Waals surface area (Å²) in [6.07, 6.45) is 0. The maximum Gasteiger partial charge on any atom is 0.323 e. The highest BCUT2D eigenvalue weighted by Gasteiger charge is 2.03. The lowest BCUT2D eigenvalue weighted by Crippen LogP contribution is -2.00. The minimum atomic E-state index is -0.177. The van der Waals surface area contributed by atoms with Crippen molar-refractivity contribution in [1.82, 2.24) is 9.97 Å². The van der Waals surface area contributed by atoms with Crippen molar-refractivity contribution >= 4 is 11.0 Å². The summed E-state index contributed by atoms with van der Waals surface area (Å²) in [6.45, 7) is 3.15. The van der Waals surface area contributed by atoms with Crippen LogP contribution in [-0.4, -0.2) is 16.6 Å². The van der Waals surface area contributed by atoms with Gasteiger partial charge in [-0.15, -0.1) is 0 Å². The van der Waals surface area contributed by atoms with E-state index in [1.165, 1.54) is 0 Å². The van der Waals surface area contributed by atoms with E-state index in [4.69, 9.17) is 4.74 Å². The van der Waals surface area contributed by atoms with Gasteiger partial charge >= 0.3 is 5.69 Å². The number of hydrogen-bond acceptors (Lipinski definition) is 2. The number of imidazole rings is 1. The summed E-state index contributed by atoms with van der Waals surface area (Å²) < 4.78 is 5.30. The van der Waals surface area contributed by atoms with E-state index in [2.05, 4.69) is 9.97 Å². The van der Waals surface area contributed by atoms with Gasteiger partial charge in [-0.3, -0.25) is 0 Å². The number of benzene rings is 1. The summed E-state index contributed by atoms with van der Waals surface area (Å²) in [4.78, 5) is 16.5. The lowest BCUT2D eigenvalue weighted by molar-refractivity contribution is 0.135. The van der Waals surface area contributed by atoms with Gasteiger partial charge in [0.2, 0.25) is 0 Å². The Hall–Kier alpha value is -1.55. The molecule has 1 aromatic carbocycles. The van der Waals surface area contributed by atoms with Gasteiger partial charge in [0.1, 0.15) is 0 Å². The number of para-hydroxylation sites is 1. The van der Waals surface area contributed by atoms with E-state index < -0.39 is 0 Å². The Morgan fingerprint density at radius 2 is 2.21 bits per heavy atom. The average molecular weight is 192 g/mol. The van der Waals surface area contributed by atoms with Crippen LogP contribution in [0.1, 0.15) is 12.5 Å². The minimum Gasteiger partial charge on any atom is -0.377 e. The summed E-state index contributed by atoms with van der Waals surface area (Å²) in [6, 6.07) is 5.71. The molecule has 2 aromatic rings. The second-order valence-corrected chi connectivity index (χ2v) is 3.06. The molecule has 0 aliphatic heterocycles. The van der Waals surface area contributed by atoms with Crippen molar-refractivity contribution in [2.45, 2.75) is 13.5 Å². The van der Waals surface area contributed by atoms with E-state index in [0.29, 0.717) is 13.2 Å². The molecule has 0 amide bonds. The Balaban J connectivity index is 2.47. The van der Waals surface area contributed by atoms with E-state index in [1.807, 2.05) is 25.1 Å². The summed E-state index contributed by atoms with van der Waals surface area (Å²) in [5, 5.41) is 0. The first-order valence-electron chi connectivity index (χ1n) is 4.59. The molecule has 0 atom stereocenters. The third-order valence-corrected chi connectivity index (χ3v) is 2.10. The van der Waals surface area contributed by atoms with Gasteiger partial charge in [0.15, 0.2) is 0 Å². The molecule has 0 fully saturated rings. The number of fused-ring (bicyclic) bond motifs is 1. The first-order chi connectivity index (χ1) is 6.81. The number of nitrogens with one attached hydrogen (secondary N) is 2. The Morgan fingerprint density at radius 1 is 1.36 bits per heavy atom. The monoisotopic (exact) mass is 192 g/mol. The third-order valence-electron chi connectivity index (χ3n) is 2.10. The van der Waals surface area contributed by atoms with Crippen LogP contribution in [0.25, 0.3) is 11.0 Å². The van der Waals surface area contributed by atoms with Gasteiger partial charge in [-0.25, -0.2) is 4.79 Å². The fourth-order valence-corrected chi connectivity index (χ4v) is 1.45. The van der Waals surface area contributed by atoms with Crippen molar-refractivity contribution in [2.24, 2.45) is 0 Å². The van der Waals surface area contributed by atoms with Crippen LogP contribution in [0.15, 0.2) is 23.0 Å². The van der Waals surface area contributed by atoms with Crippen molar-refractivity contribution in [2.75, 3.05) is 6.61 Å². The predicted octanol–water partition coefficient (Wildman–Crippen LogP) is 1.39. The Kier molecular flexibility index (Phi) is 2.37. The van der Waals surface area contributed by atoms with Crippen LogP contribution in [0.2, 0.25) is 0 Å². The molecule has 4 heteroatoms. The van der Waals surface area contributed by atoms with Crippen LogP contribution in [0.4, 0.5) is 0 Å². The normalized spacial score (nSPS) is 10.9. The molecule has 2 rings (SSSR count). The number of aromatic amines is 2. The molecule has 0 aliphatic rings. The summed E-state index contributed by atoms with van der Waals surface area (Å²) >= 11 is 0. The van der Waals surface area contributed by atoms with Gasteiger partial charge < -0.3 is 14.7 Å². The number of aromatic nitrogens is 2. The zero-order chi connectivity index (χ0) is 9.97. The largest absolute Gasteiger partial charge is 0.377 e. The van der Waals surface area contributed by atoms with Crippen LogP contribution < -0.4 is 5.69 Å². The van der Waals surface area contributed by atoms with E-state index in [0.717, 1.165) is 16.6 Å². The van der Waals surface area contributed by atoms with Crippen molar-refractivity contribution < 1.29 is 4.74 Å². The number of hydrogen-bond donors (Lipinski definition) is 2. The smallest absolute Gasteiger partial charge is 0.323 e. The fourth-order valence-electron chi connectivity index (χ4n) is 1.45. The van der Waals surface area contributed by atoms with Gasteiger partial charge in [-0.2, -0.15) is 0 Å². The lowest BCUT2D eigenvalue weighted by Gasteiger charge is -2.01. The van der Waals surface area contributed by atoms with Crippen molar-refractivity contribution in [1.29, 1.82) is 0 Å². The van der Waals surface area contributed by atoms with Gasteiger partial charge in [-0.05, 0) is 13.0 Å². The fraction of sp³-hybridized carbons (Fsp3) is 0.300. The predicted molar refractivity (Wildman–Crippen MR) is 54.2 cm³/mol. The lowest BCUT2D eigenvalue weighted by atomic mass is 10.2. The van der Waals surface area contributed by atoms with Crippen molar-refractivity contribution in [3.05, 3.63) is 34.2 Å². The zero-order valence-electron chi connectivity index (χ0n) is 7.96. The van der Waals surface area contributed by atoms with E-state index in [-0.39, 0.29) is 5.69 Å². The number of H-pyrrole nitrogens is 2. The SMILES string of the molecule is CCOCc1cccc2[nH]c(=O)[nH]c12. The van der Waals surface area contributed by atoms with Crippen LogP contribution in [0.3, 0.4) is 0 Å². The first-order valence-corrected chi connectivity index (χ1v) is 4.59. The Labute approximate surface area is 80.9 Å². The molecule has 0 saturated heterocycles. The third kappa shape index (κ3) is 1.56. The molecule has 1 heterocycles. The molecule has 0 aliphatic carbocycles. The molecule has 1 aromatic heterocycles. The van der Waals surface area contributed by atoms with E-state index >= 15 is 0 Å². The van der Waals surface area contributed by atoms with Crippen LogP contribution in [-0.2, 0) is 11.3 Å². The Bertz CT molecular complexity index is 484. The van der Waals surface area contributed by atoms with Crippen LogP contribution in [0, 0.1) is 0 Å². The van der Waals surface area contributed by atoms with Crippen molar-refractivity contribution in [3.8, 4) is 0 Å². The van der Waals surface area contributed by atoms with E-state index in [1.54, 1.807) is 0 Å². The van der Waals surface area contributed by atoms with Crippen molar-refractivity contribution in [3.63, 3.8) is 0 Å². The molecule has 74 valence electrons. The topological polar surface area (TPSA) is 57.9 Å². The van der Waals surface area contributed by atoms with E-state index in [9.17, 15) is 4.79 Å².